The lowest BCUT2D eigenvalue weighted by Gasteiger charge is -2.30. The molecule has 0 aliphatic carbocycles. The highest BCUT2D eigenvalue weighted by molar-refractivity contribution is 7.84. The number of amides is 1. The molecule has 23 heavy (non-hydrogen) atoms. The van der Waals surface area contributed by atoms with Gasteiger partial charge in [-0.25, -0.2) is 4.79 Å². The SMILES string of the molecule is CC(CCS(C)=O)NC(C)CC1CCCN1C(=O)OC(C)(C)C. The molecule has 4 unspecified atom stereocenters. The van der Waals surface area contributed by atoms with Crippen LogP contribution in [0.15, 0.2) is 0 Å². The normalized spacial score (nSPS) is 22.7. The van der Waals surface area contributed by atoms with Gasteiger partial charge in [-0.15, -0.1) is 0 Å². The molecule has 0 radical (unpaired) electrons. The fourth-order valence-corrected chi connectivity index (χ4v) is 3.72. The number of ether oxygens (including phenoxy) is 1. The number of carbonyl (C=O) groups excluding carboxylic acids is 1. The van der Waals surface area contributed by atoms with E-state index in [9.17, 15) is 9.00 Å². The molecule has 1 aliphatic rings. The van der Waals surface area contributed by atoms with E-state index in [1.807, 2.05) is 25.7 Å². The first-order chi connectivity index (χ1) is 10.6. The van der Waals surface area contributed by atoms with E-state index < -0.39 is 16.4 Å². The van der Waals surface area contributed by atoms with Gasteiger partial charge in [0.05, 0.1) is 0 Å². The zero-order valence-electron chi connectivity index (χ0n) is 15.6. The van der Waals surface area contributed by atoms with Gasteiger partial charge in [0.25, 0.3) is 0 Å². The Hall–Kier alpha value is -0.620. The predicted octanol–water partition coefficient (Wildman–Crippen LogP) is 2.91. The van der Waals surface area contributed by atoms with Crippen LogP contribution in [0.4, 0.5) is 4.79 Å². The molecule has 0 aromatic heterocycles. The standard InChI is InChI=1S/C17H34N2O3S/c1-13(9-11-23(6)21)18-14(2)12-15-8-7-10-19(15)16(20)22-17(3,4)5/h13-15,18H,7-12H2,1-6H3. The maximum atomic E-state index is 12.3. The van der Waals surface area contributed by atoms with Gasteiger partial charge in [0.2, 0.25) is 0 Å². The molecular formula is C17H34N2O3S. The smallest absolute Gasteiger partial charge is 0.410 e. The minimum atomic E-state index is -0.736. The van der Waals surface area contributed by atoms with Gasteiger partial charge in [0, 0.05) is 47.5 Å². The summed E-state index contributed by atoms with van der Waals surface area (Å²) in [5.41, 5.74) is -0.446. The third-order valence-corrected chi connectivity index (χ3v) is 4.85. The summed E-state index contributed by atoms with van der Waals surface area (Å²) in [6.07, 6.45) is 5.47. The van der Waals surface area contributed by atoms with Gasteiger partial charge < -0.3 is 15.0 Å². The van der Waals surface area contributed by atoms with E-state index in [0.717, 1.165) is 38.0 Å². The van der Waals surface area contributed by atoms with Gasteiger partial charge in [0.1, 0.15) is 5.60 Å². The van der Waals surface area contributed by atoms with E-state index in [1.54, 1.807) is 6.26 Å². The second-order valence-electron chi connectivity index (χ2n) is 7.74. The molecule has 136 valence electrons. The molecule has 1 heterocycles. The highest BCUT2D eigenvalue weighted by Crippen LogP contribution is 2.24. The zero-order chi connectivity index (χ0) is 17.6. The molecule has 1 N–H and O–H groups in total. The molecule has 5 nitrogen and oxygen atoms in total. The lowest BCUT2D eigenvalue weighted by atomic mass is 10.1. The summed E-state index contributed by atoms with van der Waals surface area (Å²) in [5.74, 6) is 0.731. The lowest BCUT2D eigenvalue weighted by Crippen LogP contribution is -2.44. The quantitative estimate of drug-likeness (QED) is 0.770. The van der Waals surface area contributed by atoms with Crippen LogP contribution in [0, 0.1) is 0 Å². The average molecular weight is 347 g/mol. The van der Waals surface area contributed by atoms with E-state index in [4.69, 9.17) is 4.74 Å². The highest BCUT2D eigenvalue weighted by Gasteiger charge is 2.32. The van der Waals surface area contributed by atoms with Gasteiger partial charge in [0.15, 0.2) is 0 Å². The minimum absolute atomic E-state index is 0.193. The molecule has 1 amide bonds. The van der Waals surface area contributed by atoms with Crippen molar-refractivity contribution in [2.45, 2.75) is 84.0 Å². The zero-order valence-corrected chi connectivity index (χ0v) is 16.4. The van der Waals surface area contributed by atoms with Crippen molar-refractivity contribution in [2.24, 2.45) is 0 Å². The number of likely N-dealkylation sites (tertiary alicyclic amines) is 1. The van der Waals surface area contributed by atoms with Crippen molar-refractivity contribution >= 4 is 16.9 Å². The lowest BCUT2D eigenvalue weighted by molar-refractivity contribution is 0.0214. The molecule has 1 aliphatic heterocycles. The molecule has 0 aromatic carbocycles. The first-order valence-corrected chi connectivity index (χ1v) is 10.4. The largest absolute Gasteiger partial charge is 0.444 e. The van der Waals surface area contributed by atoms with Crippen LogP contribution in [0.25, 0.3) is 0 Å². The first-order valence-electron chi connectivity index (χ1n) is 8.64. The van der Waals surface area contributed by atoms with Crippen LogP contribution in [-0.2, 0) is 15.5 Å². The van der Waals surface area contributed by atoms with Crippen LogP contribution >= 0.6 is 0 Å². The van der Waals surface area contributed by atoms with E-state index >= 15 is 0 Å². The van der Waals surface area contributed by atoms with Gasteiger partial charge in [-0.05, 0) is 60.3 Å². The number of nitrogens with zero attached hydrogens (tertiary/aromatic N) is 1. The molecule has 0 bridgehead atoms. The maximum Gasteiger partial charge on any atom is 0.410 e. The van der Waals surface area contributed by atoms with E-state index in [-0.39, 0.29) is 12.1 Å². The summed E-state index contributed by atoms with van der Waals surface area (Å²) in [6, 6.07) is 0.911. The fourth-order valence-electron chi connectivity index (χ4n) is 3.03. The number of carbonyl (C=O) groups is 1. The van der Waals surface area contributed by atoms with Crippen LogP contribution in [-0.4, -0.2) is 57.5 Å². The van der Waals surface area contributed by atoms with Crippen molar-refractivity contribution in [3.63, 3.8) is 0 Å². The topological polar surface area (TPSA) is 58.6 Å². The van der Waals surface area contributed by atoms with Gasteiger partial charge in [-0.1, -0.05) is 0 Å². The van der Waals surface area contributed by atoms with E-state index in [2.05, 4.69) is 19.2 Å². The summed E-state index contributed by atoms with van der Waals surface area (Å²) in [7, 11) is -0.736. The van der Waals surface area contributed by atoms with Crippen LogP contribution in [0.5, 0.6) is 0 Å². The number of nitrogens with one attached hydrogen (secondary N) is 1. The van der Waals surface area contributed by atoms with Gasteiger partial charge in [-0.2, -0.15) is 0 Å². The summed E-state index contributed by atoms with van der Waals surface area (Å²) >= 11 is 0. The summed E-state index contributed by atoms with van der Waals surface area (Å²) < 4.78 is 16.7. The third-order valence-electron chi connectivity index (χ3n) is 4.04. The Morgan fingerprint density at radius 1 is 1.35 bits per heavy atom. The molecular weight excluding hydrogens is 312 g/mol. The third kappa shape index (κ3) is 8.15. The van der Waals surface area contributed by atoms with Crippen molar-refractivity contribution in [3.05, 3.63) is 0 Å². The number of rotatable bonds is 7. The van der Waals surface area contributed by atoms with Crippen molar-refractivity contribution in [3.8, 4) is 0 Å². The maximum absolute atomic E-state index is 12.3. The first kappa shape index (κ1) is 20.4. The second-order valence-corrected chi connectivity index (χ2v) is 9.29. The van der Waals surface area contributed by atoms with Crippen LogP contribution < -0.4 is 5.32 Å². The molecule has 6 heteroatoms. The van der Waals surface area contributed by atoms with Crippen molar-refractivity contribution in [1.82, 2.24) is 10.2 Å². The number of hydrogen-bond donors (Lipinski definition) is 1. The molecule has 1 saturated heterocycles. The Kier molecular flexibility index (Phi) is 8.01. The average Bonchev–Trinajstić information content (AvgIpc) is 2.82. The molecule has 0 saturated carbocycles. The molecule has 1 fully saturated rings. The summed E-state index contributed by atoms with van der Waals surface area (Å²) in [5, 5.41) is 3.56. The van der Waals surface area contributed by atoms with E-state index in [0.29, 0.717) is 12.1 Å². The van der Waals surface area contributed by atoms with Crippen LogP contribution in [0.2, 0.25) is 0 Å². The Morgan fingerprint density at radius 3 is 2.57 bits per heavy atom. The number of hydrogen-bond acceptors (Lipinski definition) is 4. The monoisotopic (exact) mass is 346 g/mol. The molecule has 4 atom stereocenters. The van der Waals surface area contributed by atoms with Gasteiger partial charge in [-0.3, -0.25) is 4.21 Å². The predicted molar refractivity (Wildman–Crippen MR) is 96.2 cm³/mol. The van der Waals surface area contributed by atoms with Crippen molar-refractivity contribution in [2.75, 3.05) is 18.6 Å². The Morgan fingerprint density at radius 2 is 2.00 bits per heavy atom. The second kappa shape index (κ2) is 9.02. The molecule has 0 aromatic rings. The van der Waals surface area contributed by atoms with Crippen molar-refractivity contribution in [1.29, 1.82) is 0 Å². The molecule has 1 rings (SSSR count). The van der Waals surface area contributed by atoms with Gasteiger partial charge >= 0.3 is 6.09 Å². The van der Waals surface area contributed by atoms with Crippen LogP contribution in [0.3, 0.4) is 0 Å². The fraction of sp³-hybridized carbons (Fsp3) is 0.941. The van der Waals surface area contributed by atoms with Crippen molar-refractivity contribution < 1.29 is 13.7 Å². The summed E-state index contributed by atoms with van der Waals surface area (Å²) in [4.78, 5) is 14.2. The van der Waals surface area contributed by atoms with Crippen LogP contribution in [0.1, 0.15) is 60.3 Å². The Bertz CT molecular complexity index is 409. The highest BCUT2D eigenvalue weighted by atomic mass is 32.2. The molecule has 0 spiro atoms. The Labute approximate surface area is 144 Å². The minimum Gasteiger partial charge on any atom is -0.444 e. The van der Waals surface area contributed by atoms with E-state index in [1.165, 1.54) is 0 Å². The Balaban J connectivity index is 2.45. The summed E-state index contributed by atoms with van der Waals surface area (Å²) in [6.45, 7) is 10.8.